The molecular formula is C17H17BrN2O3S. The van der Waals surface area contributed by atoms with Gasteiger partial charge in [-0.25, -0.2) is 9.78 Å². The number of nitrogens with two attached hydrogens (primary N) is 1. The Bertz CT molecular complexity index is 827. The van der Waals surface area contributed by atoms with Gasteiger partial charge in [-0.1, -0.05) is 28.1 Å². The van der Waals surface area contributed by atoms with E-state index in [2.05, 4.69) is 20.9 Å². The molecule has 1 aliphatic rings. The van der Waals surface area contributed by atoms with Crippen LogP contribution in [-0.4, -0.2) is 23.5 Å². The van der Waals surface area contributed by atoms with Crippen LogP contribution in [0.1, 0.15) is 33.8 Å². The molecule has 5 nitrogen and oxygen atoms in total. The number of rotatable bonds is 5. The molecule has 0 radical (unpaired) electrons. The number of ether oxygens (including phenoxy) is 1. The van der Waals surface area contributed by atoms with E-state index in [1.165, 1.54) is 11.3 Å². The fourth-order valence-corrected chi connectivity index (χ4v) is 4.19. The van der Waals surface area contributed by atoms with E-state index in [1.807, 2.05) is 25.1 Å². The van der Waals surface area contributed by atoms with E-state index >= 15 is 0 Å². The first-order chi connectivity index (χ1) is 11.3. The van der Waals surface area contributed by atoms with E-state index in [0.717, 1.165) is 20.6 Å². The highest BCUT2D eigenvalue weighted by Crippen LogP contribution is 2.45. The van der Waals surface area contributed by atoms with Gasteiger partial charge in [-0.3, -0.25) is 4.79 Å². The van der Waals surface area contributed by atoms with Gasteiger partial charge in [-0.15, -0.1) is 11.3 Å². The maximum Gasteiger partial charge on any atom is 0.350 e. The fourth-order valence-electron chi connectivity index (χ4n) is 2.38. The number of thiazole rings is 1. The standard InChI is InChI=1S/C17H17BrN2O3S/c1-9-3-4-11(12(18)7-9)14-20-10(2)13(24-14)15(21)23-8-17(5-6-17)16(19)22/h3-4,7H,5-6,8H2,1-2H3,(H2,19,22). The van der Waals surface area contributed by atoms with Gasteiger partial charge >= 0.3 is 5.97 Å². The normalized spacial score (nSPS) is 15.1. The van der Waals surface area contributed by atoms with Crippen LogP contribution in [0.4, 0.5) is 0 Å². The van der Waals surface area contributed by atoms with Crippen molar-refractivity contribution in [1.82, 2.24) is 4.98 Å². The van der Waals surface area contributed by atoms with Crippen molar-refractivity contribution in [3.05, 3.63) is 38.8 Å². The number of aromatic nitrogens is 1. The number of carbonyl (C=O) groups excluding carboxylic acids is 2. The van der Waals surface area contributed by atoms with E-state index in [1.54, 1.807) is 6.92 Å². The van der Waals surface area contributed by atoms with Gasteiger partial charge in [-0.2, -0.15) is 0 Å². The van der Waals surface area contributed by atoms with Crippen molar-refractivity contribution >= 4 is 39.1 Å². The molecule has 2 N–H and O–H groups in total. The number of amides is 1. The van der Waals surface area contributed by atoms with Crippen molar-refractivity contribution in [1.29, 1.82) is 0 Å². The van der Waals surface area contributed by atoms with Gasteiger partial charge in [-0.05, 0) is 38.3 Å². The SMILES string of the molecule is Cc1ccc(-c2nc(C)c(C(=O)OCC3(C(N)=O)CC3)s2)c(Br)c1. The number of benzene rings is 1. The molecule has 1 saturated carbocycles. The lowest BCUT2D eigenvalue weighted by atomic mass is 10.1. The summed E-state index contributed by atoms with van der Waals surface area (Å²) in [6.45, 7) is 3.83. The van der Waals surface area contributed by atoms with Gasteiger partial charge in [0.25, 0.3) is 0 Å². The van der Waals surface area contributed by atoms with E-state index < -0.39 is 17.3 Å². The topological polar surface area (TPSA) is 82.3 Å². The van der Waals surface area contributed by atoms with Gasteiger partial charge in [0.1, 0.15) is 16.5 Å². The molecule has 1 amide bonds. The third-order valence-electron chi connectivity index (χ3n) is 4.19. The summed E-state index contributed by atoms with van der Waals surface area (Å²) in [4.78, 5) is 28.6. The average Bonchev–Trinajstić information content (AvgIpc) is 3.22. The summed E-state index contributed by atoms with van der Waals surface area (Å²) in [5.74, 6) is -0.854. The zero-order chi connectivity index (χ0) is 17.5. The number of hydrogen-bond donors (Lipinski definition) is 1. The molecule has 1 aliphatic carbocycles. The molecule has 3 rings (SSSR count). The van der Waals surface area contributed by atoms with Gasteiger partial charge in [0.05, 0.1) is 11.1 Å². The van der Waals surface area contributed by atoms with Crippen LogP contribution in [0.25, 0.3) is 10.6 Å². The van der Waals surface area contributed by atoms with Crippen molar-refractivity contribution in [2.45, 2.75) is 26.7 Å². The van der Waals surface area contributed by atoms with E-state index in [0.29, 0.717) is 23.4 Å². The Labute approximate surface area is 152 Å². The quantitative estimate of drug-likeness (QED) is 0.765. The van der Waals surface area contributed by atoms with Crippen LogP contribution >= 0.6 is 27.3 Å². The second-order valence-electron chi connectivity index (χ2n) is 6.14. The summed E-state index contributed by atoms with van der Waals surface area (Å²) in [6.07, 6.45) is 1.36. The number of hydrogen-bond acceptors (Lipinski definition) is 5. The summed E-state index contributed by atoms with van der Waals surface area (Å²) in [5.41, 5.74) is 7.39. The molecule has 0 spiro atoms. The molecular weight excluding hydrogens is 392 g/mol. The Hall–Kier alpha value is -1.73. The summed E-state index contributed by atoms with van der Waals surface area (Å²) < 4.78 is 6.25. The molecule has 1 aromatic carbocycles. The van der Waals surface area contributed by atoms with Gasteiger partial charge in [0.2, 0.25) is 5.91 Å². The molecule has 2 aromatic rings. The number of nitrogens with zero attached hydrogens (tertiary/aromatic N) is 1. The number of primary amides is 1. The van der Waals surface area contributed by atoms with Crippen LogP contribution in [0.15, 0.2) is 22.7 Å². The van der Waals surface area contributed by atoms with Crippen LogP contribution in [0, 0.1) is 19.3 Å². The first-order valence-corrected chi connectivity index (χ1v) is 9.14. The first kappa shape index (κ1) is 17.1. The molecule has 0 saturated heterocycles. The smallest absolute Gasteiger partial charge is 0.350 e. The predicted molar refractivity (Wildman–Crippen MR) is 95.9 cm³/mol. The van der Waals surface area contributed by atoms with Crippen molar-refractivity contribution in [2.24, 2.45) is 11.1 Å². The van der Waals surface area contributed by atoms with Gasteiger partial charge in [0, 0.05) is 10.0 Å². The summed E-state index contributed by atoms with van der Waals surface area (Å²) >= 11 is 4.82. The number of esters is 1. The second-order valence-corrected chi connectivity index (χ2v) is 7.99. The molecule has 0 atom stereocenters. The zero-order valence-electron chi connectivity index (χ0n) is 13.4. The molecule has 126 valence electrons. The number of aryl methyl sites for hydroxylation is 2. The van der Waals surface area contributed by atoms with E-state index in [9.17, 15) is 9.59 Å². The lowest BCUT2D eigenvalue weighted by Gasteiger charge is -2.10. The van der Waals surface area contributed by atoms with E-state index in [-0.39, 0.29) is 6.61 Å². The highest BCUT2D eigenvalue weighted by Gasteiger charge is 2.49. The minimum absolute atomic E-state index is 0.0437. The summed E-state index contributed by atoms with van der Waals surface area (Å²) in [6, 6.07) is 5.98. The maximum absolute atomic E-state index is 12.3. The van der Waals surface area contributed by atoms with Gasteiger partial charge in [0.15, 0.2) is 0 Å². The van der Waals surface area contributed by atoms with Crippen LogP contribution < -0.4 is 5.73 Å². The number of carbonyl (C=O) groups is 2. The average molecular weight is 409 g/mol. The highest BCUT2D eigenvalue weighted by molar-refractivity contribution is 9.10. The first-order valence-electron chi connectivity index (χ1n) is 7.53. The molecule has 0 aliphatic heterocycles. The summed E-state index contributed by atoms with van der Waals surface area (Å²) in [7, 11) is 0. The zero-order valence-corrected chi connectivity index (χ0v) is 15.8. The number of halogens is 1. The maximum atomic E-state index is 12.3. The summed E-state index contributed by atoms with van der Waals surface area (Å²) in [5, 5.41) is 0.752. The molecule has 1 fully saturated rings. The molecule has 1 heterocycles. The Kier molecular flexibility index (Phi) is 4.48. The fraction of sp³-hybridized carbons (Fsp3) is 0.353. The minimum Gasteiger partial charge on any atom is -0.460 e. The van der Waals surface area contributed by atoms with Crippen molar-refractivity contribution in [2.75, 3.05) is 6.61 Å². The molecule has 0 bridgehead atoms. The van der Waals surface area contributed by atoms with Crippen LogP contribution in [-0.2, 0) is 9.53 Å². The third-order valence-corrected chi connectivity index (χ3v) is 6.02. The lowest BCUT2D eigenvalue weighted by molar-refractivity contribution is -0.124. The van der Waals surface area contributed by atoms with E-state index in [4.69, 9.17) is 10.5 Å². The lowest BCUT2D eigenvalue weighted by Crippen LogP contribution is -2.30. The monoisotopic (exact) mass is 408 g/mol. The molecule has 0 unspecified atom stereocenters. The third kappa shape index (κ3) is 3.23. The van der Waals surface area contributed by atoms with Gasteiger partial charge < -0.3 is 10.5 Å². The molecule has 7 heteroatoms. The van der Waals surface area contributed by atoms with Crippen LogP contribution in [0.3, 0.4) is 0 Å². The highest BCUT2D eigenvalue weighted by atomic mass is 79.9. The van der Waals surface area contributed by atoms with Crippen LogP contribution in [0.2, 0.25) is 0 Å². The Morgan fingerprint density at radius 2 is 2.08 bits per heavy atom. The Morgan fingerprint density at radius 3 is 2.67 bits per heavy atom. The predicted octanol–water partition coefficient (Wildman–Crippen LogP) is 3.61. The second kappa shape index (κ2) is 6.29. The largest absolute Gasteiger partial charge is 0.460 e. The Morgan fingerprint density at radius 1 is 1.38 bits per heavy atom. The van der Waals surface area contributed by atoms with Crippen molar-refractivity contribution in [3.8, 4) is 10.6 Å². The Balaban J connectivity index is 1.78. The van der Waals surface area contributed by atoms with Crippen LogP contribution in [0.5, 0.6) is 0 Å². The molecule has 1 aromatic heterocycles. The van der Waals surface area contributed by atoms with Crippen molar-refractivity contribution < 1.29 is 14.3 Å². The minimum atomic E-state index is -0.656. The molecule has 24 heavy (non-hydrogen) atoms. The van der Waals surface area contributed by atoms with Crippen molar-refractivity contribution in [3.63, 3.8) is 0 Å².